The Morgan fingerprint density at radius 3 is 2.45 bits per heavy atom. The molecule has 0 aliphatic rings. The third-order valence-corrected chi connectivity index (χ3v) is 6.37. The second-order valence-corrected chi connectivity index (χ2v) is 8.55. The molecule has 0 atom stereocenters. The smallest absolute Gasteiger partial charge is 0.267 e. The van der Waals surface area contributed by atoms with Gasteiger partial charge in [-0.25, -0.2) is 14.1 Å². The van der Waals surface area contributed by atoms with Gasteiger partial charge >= 0.3 is 0 Å². The van der Waals surface area contributed by atoms with Crippen molar-refractivity contribution >= 4 is 22.9 Å². The van der Waals surface area contributed by atoms with E-state index in [9.17, 15) is 9.18 Å². The second-order valence-electron chi connectivity index (χ2n) is 7.57. The van der Waals surface area contributed by atoms with Crippen molar-refractivity contribution in [1.82, 2.24) is 14.8 Å². The summed E-state index contributed by atoms with van der Waals surface area (Å²) >= 11 is 1.25. The van der Waals surface area contributed by atoms with E-state index in [-0.39, 0.29) is 11.6 Å². The summed E-state index contributed by atoms with van der Waals surface area (Å²) in [5, 5.41) is 7.92. The molecule has 2 aromatic carbocycles. The van der Waals surface area contributed by atoms with Crippen LogP contribution in [0, 0.1) is 33.5 Å². The van der Waals surface area contributed by atoms with Gasteiger partial charge in [-0.2, -0.15) is 5.10 Å². The molecule has 0 aliphatic heterocycles. The van der Waals surface area contributed by atoms with Crippen LogP contribution >= 0.6 is 11.3 Å². The van der Waals surface area contributed by atoms with Crippen molar-refractivity contribution in [2.24, 2.45) is 0 Å². The normalized spacial score (nSPS) is 11.0. The van der Waals surface area contributed by atoms with Gasteiger partial charge in [-0.15, -0.1) is 0 Å². The van der Waals surface area contributed by atoms with Crippen LogP contribution in [0.2, 0.25) is 0 Å². The molecule has 0 radical (unpaired) electrons. The monoisotopic (exact) mass is 434 g/mol. The van der Waals surface area contributed by atoms with Crippen molar-refractivity contribution in [3.05, 3.63) is 93.0 Å². The minimum Gasteiger partial charge on any atom is -0.319 e. The minimum absolute atomic E-state index is 0.147. The summed E-state index contributed by atoms with van der Waals surface area (Å²) in [7, 11) is 0. The average Bonchev–Trinajstić information content (AvgIpc) is 3.26. The van der Waals surface area contributed by atoms with E-state index in [0.29, 0.717) is 15.7 Å². The van der Waals surface area contributed by atoms with E-state index >= 15 is 0 Å². The first kappa shape index (κ1) is 20.9. The van der Waals surface area contributed by atoms with Crippen LogP contribution in [0.15, 0.2) is 48.5 Å². The fourth-order valence-electron chi connectivity index (χ4n) is 3.45. The molecule has 0 aliphatic carbocycles. The van der Waals surface area contributed by atoms with Crippen molar-refractivity contribution in [2.75, 3.05) is 5.32 Å². The molecule has 7 heteroatoms. The Kier molecular flexibility index (Phi) is 5.69. The molecule has 5 nitrogen and oxygen atoms in total. The molecule has 0 fully saturated rings. The van der Waals surface area contributed by atoms with Crippen LogP contribution in [-0.4, -0.2) is 20.7 Å². The quantitative estimate of drug-likeness (QED) is 0.448. The number of para-hydroxylation sites is 1. The Morgan fingerprint density at radius 2 is 1.74 bits per heavy atom. The number of aromatic nitrogens is 3. The van der Waals surface area contributed by atoms with E-state index < -0.39 is 5.82 Å². The lowest BCUT2D eigenvalue weighted by Crippen LogP contribution is -2.12. The van der Waals surface area contributed by atoms with Gasteiger partial charge in [-0.3, -0.25) is 4.79 Å². The van der Waals surface area contributed by atoms with Gasteiger partial charge in [0.05, 0.1) is 17.1 Å². The number of nitrogens with one attached hydrogen (secondary N) is 1. The summed E-state index contributed by atoms with van der Waals surface area (Å²) in [4.78, 5) is 17.7. The van der Waals surface area contributed by atoms with Crippen LogP contribution in [0.4, 0.5) is 10.1 Å². The topological polar surface area (TPSA) is 59.8 Å². The second kappa shape index (κ2) is 8.43. The van der Waals surface area contributed by atoms with Crippen molar-refractivity contribution < 1.29 is 9.18 Å². The predicted molar refractivity (Wildman–Crippen MR) is 122 cm³/mol. The lowest BCUT2D eigenvalue weighted by molar-refractivity contribution is 0.102. The zero-order valence-corrected chi connectivity index (χ0v) is 18.7. The fraction of sp³-hybridized carbons (Fsp3) is 0.208. The zero-order valence-electron chi connectivity index (χ0n) is 17.9. The Hall–Kier alpha value is -3.32. The molecule has 0 spiro atoms. The number of hydrogen-bond acceptors (Lipinski definition) is 4. The molecule has 4 rings (SSSR count). The molecular weight excluding hydrogens is 411 g/mol. The first-order chi connectivity index (χ1) is 14.8. The molecule has 0 unspecified atom stereocenters. The number of nitrogens with zero attached hydrogens (tertiary/aromatic N) is 3. The van der Waals surface area contributed by atoms with Crippen LogP contribution in [0.3, 0.4) is 0 Å². The molecule has 0 bridgehead atoms. The summed E-state index contributed by atoms with van der Waals surface area (Å²) in [6.07, 6.45) is 0.781. The predicted octanol–water partition coefficient (Wildman–Crippen LogP) is 5.54. The van der Waals surface area contributed by atoms with E-state index in [1.807, 2.05) is 13.8 Å². The number of rotatable bonds is 5. The van der Waals surface area contributed by atoms with E-state index in [2.05, 4.69) is 46.6 Å². The van der Waals surface area contributed by atoms with Crippen LogP contribution < -0.4 is 5.32 Å². The highest BCUT2D eigenvalue weighted by atomic mass is 32.1. The van der Waals surface area contributed by atoms with Gasteiger partial charge in [-0.05, 0) is 45.4 Å². The van der Waals surface area contributed by atoms with Crippen molar-refractivity contribution in [2.45, 2.75) is 34.1 Å². The Bertz CT molecular complexity index is 1260. The van der Waals surface area contributed by atoms with Gasteiger partial charge < -0.3 is 5.32 Å². The van der Waals surface area contributed by atoms with Gasteiger partial charge in [0.1, 0.15) is 10.7 Å². The van der Waals surface area contributed by atoms with Gasteiger partial charge in [0.15, 0.2) is 0 Å². The number of aryl methyl sites for hydroxylation is 3. The summed E-state index contributed by atoms with van der Waals surface area (Å²) in [5.41, 5.74) is 6.25. The highest BCUT2D eigenvalue weighted by Gasteiger charge is 2.21. The van der Waals surface area contributed by atoms with Gasteiger partial charge in [0.25, 0.3) is 5.91 Å². The first-order valence-corrected chi connectivity index (χ1v) is 10.8. The highest BCUT2D eigenvalue weighted by molar-refractivity contribution is 7.16. The van der Waals surface area contributed by atoms with E-state index in [1.165, 1.54) is 34.6 Å². The molecule has 31 heavy (non-hydrogen) atoms. The molecular formula is C24H23FN4OS. The molecule has 2 heterocycles. The Morgan fingerprint density at radius 1 is 1.03 bits per heavy atom. The van der Waals surface area contributed by atoms with Crippen molar-refractivity contribution in [3.63, 3.8) is 0 Å². The first-order valence-electron chi connectivity index (χ1n) is 9.98. The Labute approximate surface area is 184 Å². The van der Waals surface area contributed by atoms with E-state index in [0.717, 1.165) is 23.4 Å². The molecule has 4 aromatic rings. The molecule has 1 amide bonds. The van der Waals surface area contributed by atoms with Crippen LogP contribution in [0.25, 0.3) is 5.13 Å². The highest BCUT2D eigenvalue weighted by Crippen LogP contribution is 2.27. The third kappa shape index (κ3) is 4.27. The summed E-state index contributed by atoms with van der Waals surface area (Å²) in [6.45, 7) is 7.84. The number of anilines is 1. The summed E-state index contributed by atoms with van der Waals surface area (Å²) < 4.78 is 15.7. The molecule has 0 saturated carbocycles. The maximum absolute atomic E-state index is 13.9. The number of carbonyl (C=O) groups is 1. The van der Waals surface area contributed by atoms with Crippen molar-refractivity contribution in [1.29, 1.82) is 0 Å². The molecule has 1 N–H and O–H groups in total. The lowest BCUT2D eigenvalue weighted by atomic mass is 10.0. The average molecular weight is 435 g/mol. The molecule has 158 valence electrons. The standard InChI is InChI=1S/C24H23FN4OS/c1-14-9-11-18(12-10-14)13-19-15(2)28-29(17(19)4)24-26-16(3)22(31-24)23(30)27-21-8-6-5-7-20(21)25/h5-12H,13H2,1-4H3,(H,27,30). The summed E-state index contributed by atoms with van der Waals surface area (Å²) in [5.74, 6) is -0.856. The van der Waals surface area contributed by atoms with Gasteiger partial charge in [0, 0.05) is 17.7 Å². The van der Waals surface area contributed by atoms with Crippen LogP contribution in [0.5, 0.6) is 0 Å². The zero-order chi connectivity index (χ0) is 22.1. The van der Waals surface area contributed by atoms with Crippen LogP contribution in [-0.2, 0) is 6.42 Å². The number of amides is 1. The number of halogens is 1. The SMILES string of the molecule is Cc1ccc(Cc2c(C)nn(-c3nc(C)c(C(=O)Nc4ccccc4F)s3)c2C)cc1. The third-order valence-electron chi connectivity index (χ3n) is 5.24. The van der Waals surface area contributed by atoms with Gasteiger partial charge in [-0.1, -0.05) is 53.3 Å². The minimum atomic E-state index is -0.475. The largest absolute Gasteiger partial charge is 0.319 e. The maximum atomic E-state index is 13.9. The molecule has 0 saturated heterocycles. The summed E-state index contributed by atoms with van der Waals surface area (Å²) in [6, 6.07) is 14.6. The number of thiazole rings is 1. The van der Waals surface area contributed by atoms with Crippen molar-refractivity contribution in [3.8, 4) is 5.13 Å². The van der Waals surface area contributed by atoms with E-state index in [1.54, 1.807) is 23.7 Å². The Balaban J connectivity index is 1.61. The molecule has 2 aromatic heterocycles. The lowest BCUT2D eigenvalue weighted by Gasteiger charge is -2.05. The van der Waals surface area contributed by atoms with E-state index in [4.69, 9.17) is 0 Å². The maximum Gasteiger partial charge on any atom is 0.267 e. The fourth-order valence-corrected chi connectivity index (χ4v) is 4.42. The number of benzene rings is 2. The number of hydrogen-bond donors (Lipinski definition) is 1. The number of carbonyl (C=O) groups excluding carboxylic acids is 1. The van der Waals surface area contributed by atoms with Gasteiger partial charge in [0.2, 0.25) is 5.13 Å². The van der Waals surface area contributed by atoms with Crippen LogP contribution in [0.1, 0.15) is 43.4 Å².